The number of allylic oxidation sites excluding steroid dienone is 2. The van der Waals surface area contributed by atoms with Gasteiger partial charge in [0.25, 0.3) is 0 Å². The van der Waals surface area contributed by atoms with Gasteiger partial charge in [0.1, 0.15) is 23.1 Å². The highest BCUT2D eigenvalue weighted by atomic mass is 19.4. The van der Waals surface area contributed by atoms with Crippen LogP contribution in [0.25, 0.3) is 10.9 Å². The Kier molecular flexibility index (Phi) is 7.26. The molecule has 0 saturated heterocycles. The van der Waals surface area contributed by atoms with E-state index in [0.717, 1.165) is 18.2 Å². The molecule has 1 atom stereocenters. The fourth-order valence-electron chi connectivity index (χ4n) is 5.54. The number of aliphatic carboxylic acids is 1. The largest absolute Gasteiger partial charge is 0.495 e. The number of aliphatic imine (C=N–C) groups is 1. The monoisotopic (exact) mass is 574 g/mol. The Hall–Kier alpha value is -4.35. The maximum Gasteiger partial charge on any atom is 0.416 e. The lowest BCUT2D eigenvalue weighted by Crippen LogP contribution is -2.55. The van der Waals surface area contributed by atoms with Crippen molar-refractivity contribution in [2.45, 2.75) is 45.6 Å². The summed E-state index contributed by atoms with van der Waals surface area (Å²) in [7, 11) is 1.29. The third-order valence-electron chi connectivity index (χ3n) is 7.35. The lowest BCUT2D eigenvalue weighted by molar-refractivity contribution is -0.138. The maximum absolute atomic E-state index is 14.9. The number of ether oxygens (including phenoxy) is 1. The standard InChI is InChI=1S/C29H27F5N4O3/c1-4-19-23(14-26(39)40)38(24-12-17(29(32,33)34)8-9-25(24)41-3)28(35-27(19)16(2)30)36-10-11-37-18(15-36)13-20-21(31)6-5-7-22(20)37/h4-9,12-13,23H,10-11,14-15H2,1-3H3,(H,39,40)/b19-4-,27-16-. The molecule has 41 heavy (non-hydrogen) atoms. The summed E-state index contributed by atoms with van der Waals surface area (Å²) in [6.45, 7) is 3.60. The van der Waals surface area contributed by atoms with Gasteiger partial charge in [-0.1, -0.05) is 12.1 Å². The van der Waals surface area contributed by atoms with E-state index >= 15 is 0 Å². The number of guanidine groups is 1. The Bertz CT molecular complexity index is 1620. The van der Waals surface area contributed by atoms with E-state index in [2.05, 4.69) is 4.99 Å². The number of carboxylic acids is 1. The number of halogens is 5. The third kappa shape index (κ3) is 5.02. The van der Waals surface area contributed by atoms with Crippen molar-refractivity contribution >= 4 is 28.5 Å². The van der Waals surface area contributed by atoms with Crippen LogP contribution in [0.2, 0.25) is 0 Å². The number of benzene rings is 2. The quantitative estimate of drug-likeness (QED) is 0.361. The van der Waals surface area contributed by atoms with E-state index in [-0.39, 0.29) is 47.6 Å². The van der Waals surface area contributed by atoms with E-state index in [4.69, 9.17) is 4.74 Å². The van der Waals surface area contributed by atoms with Gasteiger partial charge in [-0.05, 0) is 55.8 Å². The molecule has 2 aliphatic rings. The smallest absolute Gasteiger partial charge is 0.416 e. The highest BCUT2D eigenvalue weighted by molar-refractivity contribution is 6.02. The minimum Gasteiger partial charge on any atom is -0.495 e. The number of rotatable bonds is 4. The first kappa shape index (κ1) is 28.2. The summed E-state index contributed by atoms with van der Waals surface area (Å²) in [5, 5.41) is 10.3. The van der Waals surface area contributed by atoms with Crippen molar-refractivity contribution in [3.05, 3.63) is 82.7 Å². The first-order valence-corrected chi connectivity index (χ1v) is 12.8. The first-order valence-electron chi connectivity index (χ1n) is 12.8. The van der Waals surface area contributed by atoms with Crippen LogP contribution in [-0.2, 0) is 24.1 Å². The third-order valence-corrected chi connectivity index (χ3v) is 7.35. The maximum atomic E-state index is 14.9. The van der Waals surface area contributed by atoms with Gasteiger partial charge in [0.15, 0.2) is 0 Å². The number of hydrogen-bond donors (Lipinski definition) is 1. The van der Waals surface area contributed by atoms with Crippen LogP contribution in [0.5, 0.6) is 5.75 Å². The van der Waals surface area contributed by atoms with Gasteiger partial charge in [-0.15, -0.1) is 0 Å². The number of carboxylic acid groups (broad SMARTS) is 1. The van der Waals surface area contributed by atoms with Crippen molar-refractivity contribution < 1.29 is 36.6 Å². The summed E-state index contributed by atoms with van der Waals surface area (Å²) in [5.74, 6) is -2.19. The van der Waals surface area contributed by atoms with E-state index in [1.165, 1.54) is 31.1 Å². The number of fused-ring (bicyclic) bond motifs is 3. The van der Waals surface area contributed by atoms with Gasteiger partial charge in [-0.2, -0.15) is 13.2 Å². The SMILES string of the molecule is C/C=C1\C(=C(/C)F)N=C(N2CCn3c(cc4c(F)cccc43)C2)N(c2cc(C(F)(F)F)ccc2OC)C1CC(=O)O. The number of alkyl halides is 3. The second-order valence-electron chi connectivity index (χ2n) is 9.79. The summed E-state index contributed by atoms with van der Waals surface area (Å²) in [4.78, 5) is 19.8. The van der Waals surface area contributed by atoms with Gasteiger partial charge in [-0.25, -0.2) is 13.8 Å². The van der Waals surface area contributed by atoms with Crippen molar-refractivity contribution in [3.8, 4) is 5.75 Å². The van der Waals surface area contributed by atoms with E-state index in [1.807, 2.05) is 4.57 Å². The second kappa shape index (κ2) is 10.6. The second-order valence-corrected chi connectivity index (χ2v) is 9.79. The number of carbonyl (C=O) groups is 1. The minimum absolute atomic E-state index is 0.0501. The van der Waals surface area contributed by atoms with Crippen molar-refractivity contribution in [1.29, 1.82) is 0 Å². The van der Waals surface area contributed by atoms with Crippen LogP contribution >= 0.6 is 0 Å². The van der Waals surface area contributed by atoms with Crippen LogP contribution < -0.4 is 9.64 Å². The van der Waals surface area contributed by atoms with Crippen LogP contribution in [0.4, 0.5) is 27.6 Å². The molecule has 3 aromatic rings. The highest BCUT2D eigenvalue weighted by Crippen LogP contribution is 2.43. The summed E-state index contributed by atoms with van der Waals surface area (Å²) in [5.41, 5.74) is 0.489. The van der Waals surface area contributed by atoms with Crippen molar-refractivity contribution in [2.75, 3.05) is 18.6 Å². The summed E-state index contributed by atoms with van der Waals surface area (Å²) in [6, 6.07) is 8.25. The lowest BCUT2D eigenvalue weighted by Gasteiger charge is -2.44. The molecular weight excluding hydrogens is 547 g/mol. The Morgan fingerprint density at radius 1 is 1.20 bits per heavy atom. The molecule has 0 spiro atoms. The molecule has 0 fully saturated rings. The van der Waals surface area contributed by atoms with Crippen LogP contribution in [0.1, 0.15) is 31.5 Å². The molecule has 1 unspecified atom stereocenters. The number of methoxy groups -OCH3 is 1. The first-order chi connectivity index (χ1) is 19.4. The molecule has 2 aliphatic heterocycles. The Morgan fingerprint density at radius 2 is 1.95 bits per heavy atom. The molecule has 0 bridgehead atoms. The van der Waals surface area contributed by atoms with Crippen LogP contribution in [0.15, 0.2) is 70.6 Å². The van der Waals surface area contributed by atoms with E-state index < -0.39 is 36.0 Å². The average molecular weight is 575 g/mol. The zero-order valence-electron chi connectivity index (χ0n) is 22.5. The predicted molar refractivity (Wildman–Crippen MR) is 144 cm³/mol. The molecule has 0 saturated carbocycles. The van der Waals surface area contributed by atoms with Crippen LogP contribution in [-0.4, -0.2) is 46.2 Å². The lowest BCUT2D eigenvalue weighted by atomic mass is 9.95. The summed E-state index contributed by atoms with van der Waals surface area (Å²) >= 11 is 0. The molecule has 216 valence electrons. The molecule has 0 radical (unpaired) electrons. The minimum atomic E-state index is -4.70. The van der Waals surface area contributed by atoms with E-state index in [9.17, 15) is 31.9 Å². The summed E-state index contributed by atoms with van der Waals surface area (Å²) in [6.07, 6.45) is -3.75. The highest BCUT2D eigenvalue weighted by Gasteiger charge is 2.41. The molecule has 7 nitrogen and oxygen atoms in total. The van der Waals surface area contributed by atoms with Gasteiger partial charge in [-0.3, -0.25) is 4.79 Å². The Morgan fingerprint density at radius 3 is 2.59 bits per heavy atom. The fourth-order valence-corrected chi connectivity index (χ4v) is 5.54. The zero-order chi connectivity index (χ0) is 29.6. The topological polar surface area (TPSA) is 70.3 Å². The fraction of sp³-hybridized carbons (Fsp3) is 0.310. The van der Waals surface area contributed by atoms with Gasteiger partial charge in [0.2, 0.25) is 5.96 Å². The van der Waals surface area contributed by atoms with Gasteiger partial charge in [0, 0.05) is 24.2 Å². The van der Waals surface area contributed by atoms with Crippen LogP contribution in [0.3, 0.4) is 0 Å². The predicted octanol–water partition coefficient (Wildman–Crippen LogP) is 6.49. The summed E-state index contributed by atoms with van der Waals surface area (Å²) < 4.78 is 78.4. The van der Waals surface area contributed by atoms with Crippen molar-refractivity contribution in [2.24, 2.45) is 4.99 Å². The molecule has 1 N–H and O–H groups in total. The zero-order valence-corrected chi connectivity index (χ0v) is 22.5. The molecule has 1 aromatic heterocycles. The molecule has 0 aliphatic carbocycles. The number of anilines is 1. The average Bonchev–Trinajstić information content (AvgIpc) is 3.30. The van der Waals surface area contributed by atoms with Crippen molar-refractivity contribution in [1.82, 2.24) is 9.47 Å². The molecular formula is C29H27F5N4O3. The van der Waals surface area contributed by atoms with Gasteiger partial charge < -0.3 is 24.2 Å². The molecule has 3 heterocycles. The van der Waals surface area contributed by atoms with Gasteiger partial charge >= 0.3 is 12.1 Å². The number of aromatic nitrogens is 1. The normalized spacial score (nSPS) is 19.9. The molecule has 5 rings (SSSR count). The number of nitrogens with zero attached hydrogens (tertiary/aromatic N) is 4. The Labute approximate surface area is 232 Å². The van der Waals surface area contributed by atoms with E-state index in [1.54, 1.807) is 30.0 Å². The molecule has 2 aromatic carbocycles. The number of hydrogen-bond acceptors (Lipinski definition) is 5. The van der Waals surface area contributed by atoms with Gasteiger partial charge in [0.05, 0.1) is 42.9 Å². The Balaban J connectivity index is 1.73. The van der Waals surface area contributed by atoms with E-state index in [0.29, 0.717) is 23.1 Å². The molecule has 12 heteroatoms. The molecule has 0 amide bonds. The van der Waals surface area contributed by atoms with Crippen LogP contribution in [0, 0.1) is 5.82 Å². The van der Waals surface area contributed by atoms with Crippen molar-refractivity contribution in [3.63, 3.8) is 0 Å².